The zero-order valence-electron chi connectivity index (χ0n) is 10.3. The predicted molar refractivity (Wildman–Crippen MR) is 82.5 cm³/mol. The summed E-state index contributed by atoms with van der Waals surface area (Å²) in [5.41, 5.74) is 1.83. The molecule has 0 unspecified atom stereocenters. The third-order valence-electron chi connectivity index (χ3n) is 3.16. The van der Waals surface area contributed by atoms with Crippen molar-refractivity contribution < 1.29 is 9.59 Å². The van der Waals surface area contributed by atoms with E-state index < -0.39 is 0 Å². The van der Waals surface area contributed by atoms with Crippen LogP contribution in [0.5, 0.6) is 0 Å². The van der Waals surface area contributed by atoms with Gasteiger partial charge in [-0.25, -0.2) is 0 Å². The highest BCUT2D eigenvalue weighted by atomic mass is 79.9. The molecule has 3 rings (SSSR count). The van der Waals surface area contributed by atoms with Gasteiger partial charge in [0, 0.05) is 8.95 Å². The second-order valence-electron chi connectivity index (χ2n) is 4.52. The highest BCUT2D eigenvalue weighted by Gasteiger charge is 2.35. The molecule has 20 heavy (non-hydrogen) atoms. The fraction of sp³-hybridized carbons (Fsp3) is 0.0667. The van der Waals surface area contributed by atoms with Gasteiger partial charge in [0.2, 0.25) is 0 Å². The van der Waals surface area contributed by atoms with Crippen molar-refractivity contribution in [2.45, 2.75) is 6.54 Å². The lowest BCUT2D eigenvalue weighted by molar-refractivity contribution is 0.0642. The first-order valence-corrected chi connectivity index (χ1v) is 7.55. The number of halogens is 2. The maximum absolute atomic E-state index is 12.3. The van der Waals surface area contributed by atoms with Gasteiger partial charge in [0.25, 0.3) is 11.8 Å². The topological polar surface area (TPSA) is 37.4 Å². The van der Waals surface area contributed by atoms with Gasteiger partial charge < -0.3 is 0 Å². The SMILES string of the molecule is O=C1c2ccc(Br)cc2C(=O)N1Cc1cccc(Br)c1. The average Bonchev–Trinajstić information content (AvgIpc) is 2.64. The number of hydrogen-bond acceptors (Lipinski definition) is 2. The number of nitrogens with zero attached hydrogens (tertiary/aromatic N) is 1. The molecule has 3 nitrogen and oxygen atoms in total. The van der Waals surface area contributed by atoms with Crippen LogP contribution < -0.4 is 0 Å². The Morgan fingerprint density at radius 1 is 0.850 bits per heavy atom. The highest BCUT2D eigenvalue weighted by molar-refractivity contribution is 9.10. The van der Waals surface area contributed by atoms with Crippen LogP contribution in [0.1, 0.15) is 26.3 Å². The van der Waals surface area contributed by atoms with Crippen molar-refractivity contribution in [3.05, 3.63) is 68.1 Å². The van der Waals surface area contributed by atoms with E-state index in [-0.39, 0.29) is 18.4 Å². The molecule has 0 spiro atoms. The van der Waals surface area contributed by atoms with Gasteiger partial charge in [-0.3, -0.25) is 14.5 Å². The molecule has 0 bridgehead atoms. The molecule has 5 heteroatoms. The predicted octanol–water partition coefficient (Wildman–Crippen LogP) is 4.01. The Balaban J connectivity index is 1.94. The summed E-state index contributed by atoms with van der Waals surface area (Å²) in [6, 6.07) is 12.7. The Morgan fingerprint density at radius 2 is 1.55 bits per heavy atom. The third-order valence-corrected chi connectivity index (χ3v) is 4.15. The van der Waals surface area contributed by atoms with Gasteiger partial charge in [-0.2, -0.15) is 0 Å². The fourth-order valence-electron chi connectivity index (χ4n) is 2.22. The van der Waals surface area contributed by atoms with Crippen LogP contribution in [0.2, 0.25) is 0 Å². The number of fused-ring (bicyclic) bond motifs is 1. The molecule has 1 heterocycles. The fourth-order valence-corrected chi connectivity index (χ4v) is 3.03. The maximum Gasteiger partial charge on any atom is 0.261 e. The number of carbonyl (C=O) groups is 2. The lowest BCUT2D eigenvalue weighted by Crippen LogP contribution is -2.29. The van der Waals surface area contributed by atoms with Crippen molar-refractivity contribution >= 4 is 43.7 Å². The van der Waals surface area contributed by atoms with Crippen LogP contribution in [-0.2, 0) is 6.54 Å². The summed E-state index contributed by atoms with van der Waals surface area (Å²) in [7, 11) is 0. The normalized spacial score (nSPS) is 13.8. The molecule has 2 amide bonds. The molecule has 0 saturated heterocycles. The standard InChI is InChI=1S/C15H9Br2NO2/c16-10-3-1-2-9(6-10)8-18-14(19)12-5-4-11(17)7-13(12)15(18)20/h1-7H,8H2. The van der Waals surface area contributed by atoms with E-state index in [2.05, 4.69) is 31.9 Å². The Bertz CT molecular complexity index is 728. The second-order valence-corrected chi connectivity index (χ2v) is 6.35. The molecule has 1 aliphatic heterocycles. The Labute approximate surface area is 132 Å². The second kappa shape index (κ2) is 5.14. The summed E-state index contributed by atoms with van der Waals surface area (Å²) in [6.07, 6.45) is 0. The van der Waals surface area contributed by atoms with Gasteiger partial charge in [-0.1, -0.05) is 44.0 Å². The summed E-state index contributed by atoms with van der Waals surface area (Å²) >= 11 is 6.71. The molecule has 0 saturated carbocycles. The molecule has 0 fully saturated rings. The maximum atomic E-state index is 12.3. The zero-order chi connectivity index (χ0) is 14.3. The van der Waals surface area contributed by atoms with Crippen LogP contribution in [0, 0.1) is 0 Å². The van der Waals surface area contributed by atoms with Gasteiger partial charge in [0.15, 0.2) is 0 Å². The summed E-state index contributed by atoms with van der Waals surface area (Å²) < 4.78 is 1.72. The zero-order valence-corrected chi connectivity index (χ0v) is 13.4. The number of carbonyl (C=O) groups excluding carboxylic acids is 2. The van der Waals surface area contributed by atoms with E-state index in [1.165, 1.54) is 4.90 Å². The summed E-state index contributed by atoms with van der Waals surface area (Å²) in [5.74, 6) is -0.483. The Kier molecular flexibility index (Phi) is 3.48. The van der Waals surface area contributed by atoms with Crippen molar-refractivity contribution in [3.8, 4) is 0 Å². The van der Waals surface area contributed by atoms with Crippen LogP contribution in [-0.4, -0.2) is 16.7 Å². The minimum absolute atomic E-state index is 0.238. The number of hydrogen-bond donors (Lipinski definition) is 0. The molecule has 0 N–H and O–H groups in total. The van der Waals surface area contributed by atoms with Crippen LogP contribution in [0.15, 0.2) is 51.4 Å². The molecular weight excluding hydrogens is 386 g/mol. The van der Waals surface area contributed by atoms with Crippen molar-refractivity contribution in [1.82, 2.24) is 4.90 Å². The number of rotatable bonds is 2. The molecule has 2 aromatic rings. The van der Waals surface area contributed by atoms with Gasteiger partial charge in [-0.15, -0.1) is 0 Å². The number of amides is 2. The van der Waals surface area contributed by atoms with Gasteiger partial charge >= 0.3 is 0 Å². The van der Waals surface area contributed by atoms with Gasteiger partial charge in [0.05, 0.1) is 17.7 Å². The first kappa shape index (κ1) is 13.5. The summed E-state index contributed by atoms with van der Waals surface area (Å²) in [5, 5.41) is 0. The van der Waals surface area contributed by atoms with E-state index in [1.54, 1.807) is 18.2 Å². The third kappa shape index (κ3) is 2.31. The van der Waals surface area contributed by atoms with E-state index in [4.69, 9.17) is 0 Å². The summed E-state index contributed by atoms with van der Waals surface area (Å²) in [4.78, 5) is 25.9. The van der Waals surface area contributed by atoms with E-state index in [9.17, 15) is 9.59 Å². The molecule has 0 aliphatic carbocycles. The summed E-state index contributed by atoms with van der Waals surface area (Å²) in [6.45, 7) is 0.281. The van der Waals surface area contributed by atoms with Crippen molar-refractivity contribution in [2.24, 2.45) is 0 Å². The van der Waals surface area contributed by atoms with Crippen molar-refractivity contribution in [2.75, 3.05) is 0 Å². The van der Waals surface area contributed by atoms with Crippen LogP contribution >= 0.6 is 31.9 Å². The van der Waals surface area contributed by atoms with E-state index >= 15 is 0 Å². The average molecular weight is 395 g/mol. The number of imide groups is 1. The van der Waals surface area contributed by atoms with Crippen LogP contribution in [0.25, 0.3) is 0 Å². The monoisotopic (exact) mass is 393 g/mol. The lowest BCUT2D eigenvalue weighted by atomic mass is 10.1. The minimum Gasteiger partial charge on any atom is -0.270 e. The first-order valence-electron chi connectivity index (χ1n) is 5.96. The number of benzene rings is 2. The van der Waals surface area contributed by atoms with Gasteiger partial charge in [-0.05, 0) is 35.9 Å². The Morgan fingerprint density at radius 3 is 2.30 bits per heavy atom. The molecule has 0 atom stereocenters. The molecular formula is C15H9Br2NO2. The molecule has 0 radical (unpaired) electrons. The van der Waals surface area contributed by atoms with Crippen LogP contribution in [0.3, 0.4) is 0 Å². The quantitative estimate of drug-likeness (QED) is 0.721. The lowest BCUT2D eigenvalue weighted by Gasteiger charge is -2.13. The first-order chi connectivity index (χ1) is 9.56. The van der Waals surface area contributed by atoms with E-state index in [0.29, 0.717) is 11.1 Å². The minimum atomic E-state index is -0.244. The molecule has 2 aromatic carbocycles. The molecule has 1 aliphatic rings. The Hall–Kier alpha value is -1.46. The largest absolute Gasteiger partial charge is 0.270 e. The van der Waals surface area contributed by atoms with Crippen LogP contribution in [0.4, 0.5) is 0 Å². The van der Waals surface area contributed by atoms with E-state index in [1.807, 2.05) is 24.3 Å². The smallest absolute Gasteiger partial charge is 0.261 e. The van der Waals surface area contributed by atoms with E-state index in [0.717, 1.165) is 14.5 Å². The van der Waals surface area contributed by atoms with Crippen molar-refractivity contribution in [1.29, 1.82) is 0 Å². The molecule has 100 valence electrons. The van der Waals surface area contributed by atoms with Gasteiger partial charge in [0.1, 0.15) is 0 Å². The molecule has 0 aromatic heterocycles. The highest BCUT2D eigenvalue weighted by Crippen LogP contribution is 2.27. The van der Waals surface area contributed by atoms with Crippen molar-refractivity contribution in [3.63, 3.8) is 0 Å².